The van der Waals surface area contributed by atoms with Crippen LogP contribution in [0.5, 0.6) is 0 Å². The van der Waals surface area contributed by atoms with Crippen LogP contribution in [0.4, 0.5) is 0 Å². The second kappa shape index (κ2) is 4.99. The molecule has 1 spiro atoms. The Kier molecular flexibility index (Phi) is 3.11. The number of benzene rings is 1. The molecule has 1 aromatic rings. The third-order valence-corrected chi connectivity index (χ3v) is 5.24. The summed E-state index contributed by atoms with van der Waals surface area (Å²) in [6.07, 6.45) is 9.67. The first-order chi connectivity index (χ1) is 10.3. The summed E-state index contributed by atoms with van der Waals surface area (Å²) in [6, 6.07) is 10.6. The Hall–Kier alpha value is -1.61. The van der Waals surface area contributed by atoms with Crippen LogP contribution in [-0.2, 0) is 0 Å². The smallest absolute Gasteiger partial charge is 0.171 e. The van der Waals surface area contributed by atoms with Crippen LogP contribution in [0.25, 0.3) is 6.08 Å². The number of allylic oxidation sites excluding steroid dienone is 1. The van der Waals surface area contributed by atoms with E-state index in [1.807, 2.05) is 0 Å². The average molecular weight is 296 g/mol. The Morgan fingerprint density at radius 2 is 1.81 bits per heavy atom. The lowest BCUT2D eigenvalue weighted by Gasteiger charge is -2.38. The third kappa shape index (κ3) is 2.20. The summed E-state index contributed by atoms with van der Waals surface area (Å²) < 4.78 is 0. The highest BCUT2D eigenvalue weighted by Gasteiger charge is 2.44. The van der Waals surface area contributed by atoms with Crippen LogP contribution in [0.15, 0.2) is 47.2 Å². The van der Waals surface area contributed by atoms with Gasteiger partial charge in [0, 0.05) is 5.70 Å². The van der Waals surface area contributed by atoms with Crippen molar-refractivity contribution in [1.82, 2.24) is 10.6 Å². The molecular formula is C18H20N2S. The fourth-order valence-corrected chi connectivity index (χ4v) is 4.37. The molecule has 0 atom stereocenters. The summed E-state index contributed by atoms with van der Waals surface area (Å²) in [4.78, 5) is 0. The summed E-state index contributed by atoms with van der Waals surface area (Å²) in [7, 11) is 0. The van der Waals surface area contributed by atoms with Crippen molar-refractivity contribution in [3.8, 4) is 0 Å². The fraction of sp³-hybridized carbons (Fsp3) is 0.389. The van der Waals surface area contributed by atoms with Gasteiger partial charge in [-0.05, 0) is 60.7 Å². The highest BCUT2D eigenvalue weighted by Crippen LogP contribution is 2.46. The minimum Gasteiger partial charge on any atom is -0.353 e. The predicted molar refractivity (Wildman–Crippen MR) is 90.7 cm³/mol. The van der Waals surface area contributed by atoms with Crippen LogP contribution < -0.4 is 10.6 Å². The lowest BCUT2D eigenvalue weighted by Crippen LogP contribution is -2.55. The molecule has 4 rings (SSSR count). The molecule has 1 heterocycles. The zero-order valence-corrected chi connectivity index (χ0v) is 12.9. The van der Waals surface area contributed by atoms with Crippen LogP contribution in [0.3, 0.4) is 0 Å². The molecule has 1 saturated carbocycles. The molecule has 2 nitrogen and oxygen atoms in total. The number of rotatable bonds is 1. The van der Waals surface area contributed by atoms with Gasteiger partial charge >= 0.3 is 0 Å². The van der Waals surface area contributed by atoms with Crippen LogP contribution in [-0.4, -0.2) is 10.7 Å². The molecule has 0 bridgehead atoms. The predicted octanol–water partition coefficient (Wildman–Crippen LogP) is 3.91. The summed E-state index contributed by atoms with van der Waals surface area (Å²) in [6.45, 7) is 0. The minimum absolute atomic E-state index is 0.157. The van der Waals surface area contributed by atoms with E-state index >= 15 is 0 Å². The van der Waals surface area contributed by atoms with Crippen molar-refractivity contribution in [1.29, 1.82) is 0 Å². The van der Waals surface area contributed by atoms with Gasteiger partial charge in [0.1, 0.15) is 0 Å². The molecule has 3 heteroatoms. The molecule has 21 heavy (non-hydrogen) atoms. The van der Waals surface area contributed by atoms with Crippen LogP contribution in [0, 0.1) is 0 Å². The lowest BCUT2D eigenvalue weighted by molar-refractivity contribution is 0.435. The van der Waals surface area contributed by atoms with Gasteiger partial charge in [0.2, 0.25) is 0 Å². The van der Waals surface area contributed by atoms with E-state index in [2.05, 4.69) is 47.0 Å². The van der Waals surface area contributed by atoms with Crippen molar-refractivity contribution >= 4 is 23.4 Å². The van der Waals surface area contributed by atoms with E-state index in [9.17, 15) is 0 Å². The first-order valence-electron chi connectivity index (χ1n) is 7.86. The maximum absolute atomic E-state index is 5.47. The highest BCUT2D eigenvalue weighted by atomic mass is 32.1. The highest BCUT2D eigenvalue weighted by molar-refractivity contribution is 7.80. The Labute approximate surface area is 131 Å². The zero-order chi connectivity index (χ0) is 14.3. The normalized spacial score (nSPS) is 25.1. The van der Waals surface area contributed by atoms with Crippen molar-refractivity contribution in [2.45, 2.75) is 44.1 Å². The van der Waals surface area contributed by atoms with Crippen molar-refractivity contribution in [3.63, 3.8) is 0 Å². The molecule has 0 aromatic heterocycles. The number of thiocarbonyl (C=S) groups is 1. The van der Waals surface area contributed by atoms with Gasteiger partial charge in [-0.3, -0.25) is 0 Å². The molecule has 0 saturated heterocycles. The first kappa shape index (κ1) is 13.1. The summed E-state index contributed by atoms with van der Waals surface area (Å²) >= 11 is 5.47. The quantitative estimate of drug-likeness (QED) is 0.768. The molecule has 0 unspecified atom stereocenters. The Balaban J connectivity index is 1.75. The molecule has 0 radical (unpaired) electrons. The van der Waals surface area contributed by atoms with Gasteiger partial charge in [-0.15, -0.1) is 0 Å². The molecule has 1 aliphatic heterocycles. The maximum atomic E-state index is 5.47. The molecule has 2 aliphatic carbocycles. The van der Waals surface area contributed by atoms with E-state index in [0.717, 1.165) is 18.0 Å². The molecule has 108 valence electrons. The second-order valence-corrected chi connectivity index (χ2v) is 6.71. The number of hydrogen-bond acceptors (Lipinski definition) is 1. The van der Waals surface area contributed by atoms with E-state index in [1.165, 1.54) is 42.5 Å². The van der Waals surface area contributed by atoms with E-state index in [-0.39, 0.29) is 5.54 Å². The summed E-state index contributed by atoms with van der Waals surface area (Å²) in [5.74, 6) is 0. The van der Waals surface area contributed by atoms with E-state index < -0.39 is 0 Å². The van der Waals surface area contributed by atoms with Gasteiger partial charge in [-0.2, -0.15) is 0 Å². The van der Waals surface area contributed by atoms with Crippen LogP contribution >= 0.6 is 12.2 Å². The van der Waals surface area contributed by atoms with Gasteiger partial charge < -0.3 is 10.6 Å². The molecular weight excluding hydrogens is 276 g/mol. The molecule has 1 aromatic carbocycles. The summed E-state index contributed by atoms with van der Waals surface area (Å²) in [5, 5.41) is 7.82. The van der Waals surface area contributed by atoms with E-state index in [0.29, 0.717) is 0 Å². The Morgan fingerprint density at radius 3 is 2.57 bits per heavy atom. The SMILES string of the molecule is S=C1NC2=C(CC/C2=C\c2ccccc2)C2(CCCC2)N1. The molecule has 2 N–H and O–H groups in total. The van der Waals surface area contributed by atoms with Gasteiger partial charge in [0.15, 0.2) is 5.11 Å². The maximum Gasteiger partial charge on any atom is 0.171 e. The standard InChI is InChI=1S/C18H20N2S/c21-17-19-16-14(12-13-6-2-1-3-7-13)8-9-15(16)18(20-17)10-4-5-11-18/h1-3,6-7,12H,4-5,8-11H2,(H2,19,20,21)/b14-12+. The lowest BCUT2D eigenvalue weighted by atomic mass is 9.85. The largest absolute Gasteiger partial charge is 0.353 e. The molecule has 0 amide bonds. The first-order valence-corrected chi connectivity index (χ1v) is 8.26. The molecule has 3 aliphatic rings. The average Bonchev–Trinajstić information content (AvgIpc) is 3.09. The summed E-state index contributed by atoms with van der Waals surface area (Å²) in [5.41, 5.74) is 5.71. The van der Waals surface area contributed by atoms with Crippen molar-refractivity contribution in [2.75, 3.05) is 0 Å². The Morgan fingerprint density at radius 1 is 1.05 bits per heavy atom. The number of hydrogen-bond donors (Lipinski definition) is 2. The van der Waals surface area contributed by atoms with E-state index in [1.54, 1.807) is 5.57 Å². The van der Waals surface area contributed by atoms with Crippen LogP contribution in [0.1, 0.15) is 44.1 Å². The monoisotopic (exact) mass is 296 g/mol. The fourth-order valence-electron chi connectivity index (χ4n) is 4.08. The number of fused-ring (bicyclic) bond motifs is 1. The number of nitrogens with one attached hydrogen (secondary N) is 2. The van der Waals surface area contributed by atoms with Crippen molar-refractivity contribution in [2.24, 2.45) is 0 Å². The van der Waals surface area contributed by atoms with Gasteiger partial charge in [-0.25, -0.2) is 0 Å². The van der Waals surface area contributed by atoms with Gasteiger partial charge in [0.05, 0.1) is 5.54 Å². The van der Waals surface area contributed by atoms with Crippen LogP contribution in [0.2, 0.25) is 0 Å². The van der Waals surface area contributed by atoms with Gasteiger partial charge in [0.25, 0.3) is 0 Å². The zero-order valence-electron chi connectivity index (χ0n) is 12.1. The van der Waals surface area contributed by atoms with Gasteiger partial charge in [-0.1, -0.05) is 43.2 Å². The topological polar surface area (TPSA) is 24.1 Å². The second-order valence-electron chi connectivity index (χ2n) is 6.30. The van der Waals surface area contributed by atoms with E-state index in [4.69, 9.17) is 12.2 Å². The molecule has 1 fully saturated rings. The van der Waals surface area contributed by atoms with Crippen molar-refractivity contribution in [3.05, 3.63) is 52.7 Å². The third-order valence-electron chi connectivity index (χ3n) is 5.03. The van der Waals surface area contributed by atoms with Crippen molar-refractivity contribution < 1.29 is 0 Å². The Bertz CT molecular complexity index is 636. The minimum atomic E-state index is 0.157.